The van der Waals surface area contributed by atoms with E-state index in [0.717, 1.165) is 30.5 Å². The van der Waals surface area contributed by atoms with Gasteiger partial charge in [-0.2, -0.15) is 0 Å². The van der Waals surface area contributed by atoms with Crippen molar-refractivity contribution < 1.29 is 17.9 Å². The molecule has 1 saturated heterocycles. The number of nitrogens with two attached hydrogens (primary N) is 1. The molecule has 0 spiro atoms. The molecule has 0 amide bonds. The lowest BCUT2D eigenvalue weighted by Crippen LogP contribution is -2.44. The molecule has 1 fully saturated rings. The molecule has 2 atom stereocenters. The maximum absolute atomic E-state index is 13.0. The molecule has 2 aromatic rings. The second-order valence-electron chi connectivity index (χ2n) is 8.82. The molecule has 6 heteroatoms. The number of benzene rings is 2. The standard InChI is InChI=1S/C23H29F3N2O/c1-22(2,3)19-11-12-20(29-23(24,25)26)18(15-19)14-17-10-7-13-28(27)21(17)16-8-5-4-6-9-16/h4-6,8-9,11-12,15,17,21H,7,10,13-14,27H2,1-3H3/t17-,21+/m0/s1. The van der Waals surface area contributed by atoms with Crippen molar-refractivity contribution in [3.05, 3.63) is 65.2 Å². The normalized spacial score (nSPS) is 21.2. The van der Waals surface area contributed by atoms with Gasteiger partial charge in [-0.1, -0.05) is 63.2 Å². The van der Waals surface area contributed by atoms with Crippen molar-refractivity contribution in [3.63, 3.8) is 0 Å². The molecule has 2 aromatic carbocycles. The van der Waals surface area contributed by atoms with Crippen LogP contribution in [0.3, 0.4) is 0 Å². The molecule has 1 heterocycles. The summed E-state index contributed by atoms with van der Waals surface area (Å²) in [4.78, 5) is 0. The van der Waals surface area contributed by atoms with Crippen molar-refractivity contribution in [3.8, 4) is 5.75 Å². The van der Waals surface area contributed by atoms with Crippen LogP contribution in [-0.4, -0.2) is 17.9 Å². The number of hydrazine groups is 1. The largest absolute Gasteiger partial charge is 0.573 e. The Morgan fingerprint density at radius 2 is 1.76 bits per heavy atom. The predicted octanol–water partition coefficient (Wildman–Crippen LogP) is 5.75. The molecule has 0 bridgehead atoms. The highest BCUT2D eigenvalue weighted by atomic mass is 19.4. The van der Waals surface area contributed by atoms with E-state index < -0.39 is 6.36 Å². The summed E-state index contributed by atoms with van der Waals surface area (Å²) in [6, 6.07) is 14.9. The Hall–Kier alpha value is -2.05. The number of ether oxygens (including phenoxy) is 1. The van der Waals surface area contributed by atoms with E-state index in [9.17, 15) is 13.2 Å². The first-order valence-electron chi connectivity index (χ1n) is 10.00. The van der Waals surface area contributed by atoms with Crippen molar-refractivity contribution in [1.29, 1.82) is 0 Å². The molecule has 0 unspecified atom stereocenters. The van der Waals surface area contributed by atoms with Crippen molar-refractivity contribution in [2.45, 2.75) is 57.9 Å². The van der Waals surface area contributed by atoms with Gasteiger partial charge in [0, 0.05) is 6.54 Å². The third-order valence-electron chi connectivity index (χ3n) is 5.57. The van der Waals surface area contributed by atoms with Gasteiger partial charge in [-0.05, 0) is 53.4 Å². The summed E-state index contributed by atoms with van der Waals surface area (Å²) in [6.07, 6.45) is -2.43. The van der Waals surface area contributed by atoms with E-state index in [4.69, 9.17) is 5.84 Å². The lowest BCUT2D eigenvalue weighted by molar-refractivity contribution is -0.274. The minimum absolute atomic E-state index is 0.0398. The molecule has 158 valence electrons. The first kappa shape index (κ1) is 21.7. The smallest absolute Gasteiger partial charge is 0.406 e. The van der Waals surface area contributed by atoms with Gasteiger partial charge in [-0.25, -0.2) is 5.01 Å². The van der Waals surface area contributed by atoms with Crippen LogP contribution in [0.5, 0.6) is 5.75 Å². The van der Waals surface area contributed by atoms with Gasteiger partial charge in [-0.15, -0.1) is 13.2 Å². The fourth-order valence-electron chi connectivity index (χ4n) is 4.14. The fourth-order valence-corrected chi connectivity index (χ4v) is 4.14. The Morgan fingerprint density at radius 3 is 2.38 bits per heavy atom. The third kappa shape index (κ3) is 5.52. The molecule has 0 saturated carbocycles. The Balaban J connectivity index is 1.97. The fraction of sp³-hybridized carbons (Fsp3) is 0.478. The summed E-state index contributed by atoms with van der Waals surface area (Å²) in [5.41, 5.74) is 2.48. The minimum Gasteiger partial charge on any atom is -0.406 e. The molecule has 0 aromatic heterocycles. The van der Waals surface area contributed by atoms with Crippen molar-refractivity contribution in [1.82, 2.24) is 5.01 Å². The van der Waals surface area contributed by atoms with E-state index in [1.54, 1.807) is 6.07 Å². The summed E-state index contributed by atoms with van der Waals surface area (Å²) >= 11 is 0. The highest BCUT2D eigenvalue weighted by Crippen LogP contribution is 2.39. The lowest BCUT2D eigenvalue weighted by atomic mass is 9.80. The van der Waals surface area contributed by atoms with Crippen LogP contribution in [-0.2, 0) is 11.8 Å². The van der Waals surface area contributed by atoms with Crippen molar-refractivity contribution in [2.24, 2.45) is 11.8 Å². The molecule has 0 radical (unpaired) electrons. The van der Waals surface area contributed by atoms with Crippen molar-refractivity contribution >= 4 is 0 Å². The molecule has 1 aliphatic heterocycles. The van der Waals surface area contributed by atoms with Gasteiger partial charge in [0.05, 0.1) is 6.04 Å². The third-order valence-corrected chi connectivity index (χ3v) is 5.57. The number of halogens is 3. The highest BCUT2D eigenvalue weighted by Gasteiger charge is 2.35. The molecule has 3 rings (SSSR count). The summed E-state index contributed by atoms with van der Waals surface area (Å²) in [7, 11) is 0. The monoisotopic (exact) mass is 406 g/mol. The highest BCUT2D eigenvalue weighted by molar-refractivity contribution is 5.40. The summed E-state index contributed by atoms with van der Waals surface area (Å²) in [6.45, 7) is 6.91. The van der Waals surface area contributed by atoms with E-state index in [1.165, 1.54) is 6.07 Å². The van der Waals surface area contributed by atoms with Crippen LogP contribution in [0.25, 0.3) is 0 Å². The van der Waals surface area contributed by atoms with Crippen LogP contribution >= 0.6 is 0 Å². The van der Waals surface area contributed by atoms with Crippen LogP contribution in [0.15, 0.2) is 48.5 Å². The number of nitrogens with zero attached hydrogens (tertiary/aromatic N) is 1. The lowest BCUT2D eigenvalue weighted by Gasteiger charge is -2.39. The van der Waals surface area contributed by atoms with Crippen LogP contribution in [0, 0.1) is 5.92 Å². The number of hydrogen-bond donors (Lipinski definition) is 1. The van der Waals surface area contributed by atoms with Gasteiger partial charge in [-0.3, -0.25) is 5.84 Å². The second-order valence-corrected chi connectivity index (χ2v) is 8.82. The number of rotatable bonds is 4. The summed E-state index contributed by atoms with van der Waals surface area (Å²) < 4.78 is 43.3. The van der Waals surface area contributed by atoms with E-state index in [2.05, 4.69) is 4.74 Å². The minimum atomic E-state index is -4.72. The average Bonchev–Trinajstić information content (AvgIpc) is 2.62. The van der Waals surface area contributed by atoms with Crippen LogP contribution < -0.4 is 10.6 Å². The van der Waals surface area contributed by atoms with E-state index in [-0.39, 0.29) is 23.1 Å². The Bertz CT molecular complexity index is 815. The van der Waals surface area contributed by atoms with Crippen LogP contribution in [0.1, 0.15) is 56.3 Å². The topological polar surface area (TPSA) is 38.5 Å². The van der Waals surface area contributed by atoms with Gasteiger partial charge in [0.1, 0.15) is 5.75 Å². The van der Waals surface area contributed by atoms with E-state index in [0.29, 0.717) is 12.0 Å². The molecular weight excluding hydrogens is 377 g/mol. The maximum atomic E-state index is 13.0. The Kier molecular flexibility index (Phi) is 6.24. The first-order valence-corrected chi connectivity index (χ1v) is 10.00. The zero-order valence-electron chi connectivity index (χ0n) is 17.2. The van der Waals surface area contributed by atoms with Gasteiger partial charge < -0.3 is 4.74 Å². The number of hydrogen-bond acceptors (Lipinski definition) is 3. The summed E-state index contributed by atoms with van der Waals surface area (Å²) in [5, 5.41) is 1.82. The average molecular weight is 406 g/mol. The number of piperidine rings is 1. The zero-order chi connectivity index (χ0) is 21.2. The molecule has 29 heavy (non-hydrogen) atoms. The van der Waals surface area contributed by atoms with Crippen LogP contribution in [0.4, 0.5) is 13.2 Å². The van der Waals surface area contributed by atoms with E-state index in [1.807, 2.05) is 62.2 Å². The van der Waals surface area contributed by atoms with Gasteiger partial charge in [0.25, 0.3) is 0 Å². The Morgan fingerprint density at radius 1 is 1.07 bits per heavy atom. The molecule has 3 nitrogen and oxygen atoms in total. The van der Waals surface area contributed by atoms with E-state index >= 15 is 0 Å². The molecule has 0 aliphatic carbocycles. The molecular formula is C23H29F3N2O. The number of alkyl halides is 3. The van der Waals surface area contributed by atoms with Crippen molar-refractivity contribution in [2.75, 3.05) is 6.54 Å². The molecule has 1 aliphatic rings. The van der Waals surface area contributed by atoms with Gasteiger partial charge >= 0.3 is 6.36 Å². The maximum Gasteiger partial charge on any atom is 0.573 e. The SMILES string of the molecule is CC(C)(C)c1ccc(OC(F)(F)F)c(C[C@@H]2CCCN(N)[C@@H]2c2ccccc2)c1. The van der Waals surface area contributed by atoms with Gasteiger partial charge in [0.15, 0.2) is 0 Å². The Labute approximate surface area is 170 Å². The molecule has 2 N–H and O–H groups in total. The quantitative estimate of drug-likeness (QED) is 0.657. The first-order chi connectivity index (χ1) is 13.5. The predicted molar refractivity (Wildman–Crippen MR) is 108 cm³/mol. The second kappa shape index (κ2) is 8.36. The zero-order valence-corrected chi connectivity index (χ0v) is 17.2. The summed E-state index contributed by atoms with van der Waals surface area (Å²) in [5.74, 6) is 6.30. The van der Waals surface area contributed by atoms with Gasteiger partial charge in [0.2, 0.25) is 0 Å². The van der Waals surface area contributed by atoms with Crippen LogP contribution in [0.2, 0.25) is 0 Å².